The lowest BCUT2D eigenvalue weighted by Gasteiger charge is -2.39. The van der Waals surface area contributed by atoms with Crippen LogP contribution in [-0.4, -0.2) is 16.1 Å². The molecule has 0 amide bonds. The van der Waals surface area contributed by atoms with Crippen LogP contribution in [0, 0.1) is 0 Å². The van der Waals surface area contributed by atoms with E-state index in [1.165, 1.54) is 22.3 Å². The maximum atomic E-state index is 4.96. The lowest BCUT2D eigenvalue weighted by Crippen LogP contribution is -2.36. The van der Waals surface area contributed by atoms with Crippen LogP contribution < -0.4 is 4.90 Å². The summed E-state index contributed by atoms with van der Waals surface area (Å²) in [7, 11) is 0. The van der Waals surface area contributed by atoms with Crippen molar-refractivity contribution < 1.29 is 0 Å². The van der Waals surface area contributed by atoms with E-state index in [4.69, 9.17) is 4.98 Å². The van der Waals surface area contributed by atoms with Crippen LogP contribution in [0.15, 0.2) is 65.4 Å². The summed E-state index contributed by atoms with van der Waals surface area (Å²) in [4.78, 5) is 7.43. The molecule has 5 rings (SSSR count). The van der Waals surface area contributed by atoms with Gasteiger partial charge in [-0.15, -0.1) is 0 Å². The normalized spacial score (nSPS) is 16.2. The zero-order chi connectivity index (χ0) is 16.1. The van der Waals surface area contributed by atoms with Crippen LogP contribution in [-0.2, 0) is 0 Å². The minimum absolute atomic E-state index is 0.151. The Hall–Kier alpha value is -2.59. The van der Waals surface area contributed by atoms with Crippen LogP contribution in [0.2, 0.25) is 0 Å². The highest BCUT2D eigenvalue weighted by atomic mass is 32.1. The van der Waals surface area contributed by atoms with Crippen molar-refractivity contribution in [3.05, 3.63) is 70.9 Å². The molecule has 2 aromatic heterocycles. The molecular formula is C20H17N3S. The van der Waals surface area contributed by atoms with Gasteiger partial charge in [-0.3, -0.25) is 4.57 Å². The van der Waals surface area contributed by atoms with E-state index in [0.717, 1.165) is 17.9 Å². The van der Waals surface area contributed by atoms with E-state index in [1.807, 2.05) is 0 Å². The molecule has 0 spiro atoms. The van der Waals surface area contributed by atoms with E-state index in [9.17, 15) is 0 Å². The van der Waals surface area contributed by atoms with Gasteiger partial charge in [-0.1, -0.05) is 24.3 Å². The van der Waals surface area contributed by atoms with Crippen LogP contribution in [0.1, 0.15) is 18.7 Å². The van der Waals surface area contributed by atoms with E-state index >= 15 is 0 Å². The molecule has 0 radical (unpaired) electrons. The third-order valence-electron chi connectivity index (χ3n) is 4.77. The molecule has 4 aromatic rings. The van der Waals surface area contributed by atoms with Gasteiger partial charge >= 0.3 is 0 Å². The molecule has 24 heavy (non-hydrogen) atoms. The summed E-state index contributed by atoms with van der Waals surface area (Å²) in [5.41, 5.74) is 6.04. The van der Waals surface area contributed by atoms with Gasteiger partial charge in [-0.25, -0.2) is 4.98 Å². The lowest BCUT2D eigenvalue weighted by molar-refractivity contribution is 0.557. The predicted molar refractivity (Wildman–Crippen MR) is 101 cm³/mol. The van der Waals surface area contributed by atoms with Crippen molar-refractivity contribution in [3.8, 4) is 11.4 Å². The van der Waals surface area contributed by atoms with Gasteiger partial charge in [-0.2, -0.15) is 11.3 Å². The first-order chi connectivity index (χ1) is 11.9. The number of aromatic nitrogens is 2. The quantitative estimate of drug-likeness (QED) is 0.506. The summed E-state index contributed by atoms with van der Waals surface area (Å²) >= 11 is 1.75. The first-order valence-corrected chi connectivity index (χ1v) is 9.18. The molecule has 1 aliphatic rings. The van der Waals surface area contributed by atoms with Gasteiger partial charge in [-0.05, 0) is 48.0 Å². The van der Waals surface area contributed by atoms with Gasteiger partial charge < -0.3 is 4.90 Å². The van der Waals surface area contributed by atoms with Crippen molar-refractivity contribution in [1.29, 1.82) is 0 Å². The van der Waals surface area contributed by atoms with Crippen molar-refractivity contribution in [2.45, 2.75) is 13.1 Å². The number of hydrogen-bond acceptors (Lipinski definition) is 3. The Morgan fingerprint density at radius 3 is 2.71 bits per heavy atom. The van der Waals surface area contributed by atoms with E-state index in [1.54, 1.807) is 11.3 Å². The number of hydrogen-bond donors (Lipinski definition) is 0. The summed E-state index contributed by atoms with van der Waals surface area (Å²) in [5.74, 6) is 1.06. The molecule has 118 valence electrons. The number of para-hydroxylation sites is 3. The van der Waals surface area contributed by atoms with Crippen LogP contribution >= 0.6 is 11.3 Å². The Kier molecular flexibility index (Phi) is 3.00. The number of nitrogens with zero attached hydrogens (tertiary/aromatic N) is 3. The second-order valence-corrected chi connectivity index (χ2v) is 6.81. The number of fused-ring (bicyclic) bond motifs is 5. The van der Waals surface area contributed by atoms with Crippen LogP contribution in [0.3, 0.4) is 0 Å². The number of thiophene rings is 1. The fourth-order valence-electron chi connectivity index (χ4n) is 3.76. The van der Waals surface area contributed by atoms with E-state index in [0.29, 0.717) is 0 Å². The second-order valence-electron chi connectivity index (χ2n) is 6.03. The Bertz CT molecular complexity index is 1020. The maximum absolute atomic E-state index is 4.96. The molecule has 3 nitrogen and oxygen atoms in total. The topological polar surface area (TPSA) is 21.1 Å². The molecule has 3 heterocycles. The zero-order valence-corrected chi connectivity index (χ0v) is 14.2. The number of benzene rings is 2. The molecule has 0 saturated carbocycles. The molecular weight excluding hydrogens is 314 g/mol. The first kappa shape index (κ1) is 13.8. The molecule has 0 fully saturated rings. The predicted octanol–water partition coefficient (Wildman–Crippen LogP) is 5.15. The number of imidazole rings is 1. The molecule has 1 aliphatic heterocycles. The average Bonchev–Trinajstić information content (AvgIpc) is 3.28. The monoisotopic (exact) mass is 331 g/mol. The Balaban J connectivity index is 1.90. The molecule has 1 unspecified atom stereocenters. The second kappa shape index (κ2) is 5.21. The van der Waals surface area contributed by atoms with Crippen LogP contribution in [0.5, 0.6) is 0 Å². The summed E-state index contributed by atoms with van der Waals surface area (Å²) in [6.45, 7) is 3.17. The average molecular weight is 331 g/mol. The molecule has 0 N–H and O–H groups in total. The van der Waals surface area contributed by atoms with Gasteiger partial charge in [0.05, 0.1) is 11.0 Å². The summed E-state index contributed by atoms with van der Waals surface area (Å²) in [6.07, 6.45) is 0.151. The minimum atomic E-state index is 0.151. The standard InChI is InChI=1S/C20H17N3S/c1-2-22-17-9-5-3-7-15(17)19-21-16-8-4-6-10-18(16)23(19)20(22)14-11-12-24-13-14/h3-13,20H,2H2,1H3. The van der Waals surface area contributed by atoms with Crippen molar-refractivity contribution in [2.75, 3.05) is 11.4 Å². The van der Waals surface area contributed by atoms with E-state index < -0.39 is 0 Å². The Morgan fingerprint density at radius 2 is 1.88 bits per heavy atom. The zero-order valence-electron chi connectivity index (χ0n) is 13.4. The summed E-state index contributed by atoms with van der Waals surface area (Å²) in [6, 6.07) is 19.3. The Labute approximate surface area is 144 Å². The van der Waals surface area contributed by atoms with Gasteiger partial charge in [0.25, 0.3) is 0 Å². The fourth-order valence-corrected chi connectivity index (χ4v) is 4.43. The number of rotatable bonds is 2. The molecule has 4 heteroatoms. The highest BCUT2D eigenvalue weighted by Gasteiger charge is 2.33. The van der Waals surface area contributed by atoms with Gasteiger partial charge in [0.15, 0.2) is 0 Å². The fraction of sp³-hybridized carbons (Fsp3) is 0.150. The minimum Gasteiger partial charge on any atom is -0.347 e. The third kappa shape index (κ3) is 1.80. The van der Waals surface area contributed by atoms with Crippen LogP contribution in [0.25, 0.3) is 22.4 Å². The highest BCUT2D eigenvalue weighted by Crippen LogP contribution is 2.44. The van der Waals surface area contributed by atoms with Crippen molar-refractivity contribution in [1.82, 2.24) is 9.55 Å². The van der Waals surface area contributed by atoms with Crippen molar-refractivity contribution in [3.63, 3.8) is 0 Å². The maximum Gasteiger partial charge on any atom is 0.145 e. The van der Waals surface area contributed by atoms with E-state index in [2.05, 4.69) is 81.7 Å². The SMILES string of the molecule is CCN1c2ccccc2-c2nc3ccccc3n2C1c1ccsc1. The third-order valence-corrected chi connectivity index (χ3v) is 5.47. The van der Waals surface area contributed by atoms with Gasteiger partial charge in [0.2, 0.25) is 0 Å². The largest absolute Gasteiger partial charge is 0.347 e. The first-order valence-electron chi connectivity index (χ1n) is 8.23. The smallest absolute Gasteiger partial charge is 0.145 e. The summed E-state index contributed by atoms with van der Waals surface area (Å²) in [5, 5.41) is 4.41. The lowest BCUT2D eigenvalue weighted by atomic mass is 10.0. The summed E-state index contributed by atoms with van der Waals surface area (Å²) < 4.78 is 2.39. The molecule has 0 saturated heterocycles. The number of anilines is 1. The van der Waals surface area contributed by atoms with E-state index in [-0.39, 0.29) is 6.17 Å². The highest BCUT2D eigenvalue weighted by molar-refractivity contribution is 7.08. The molecule has 1 atom stereocenters. The van der Waals surface area contributed by atoms with Gasteiger partial charge in [0, 0.05) is 23.4 Å². The molecule has 0 bridgehead atoms. The van der Waals surface area contributed by atoms with Crippen LogP contribution in [0.4, 0.5) is 5.69 Å². The Morgan fingerprint density at radius 1 is 1.04 bits per heavy atom. The van der Waals surface area contributed by atoms with Gasteiger partial charge in [0.1, 0.15) is 12.0 Å². The van der Waals surface area contributed by atoms with Crippen molar-refractivity contribution >= 4 is 28.1 Å². The molecule has 2 aromatic carbocycles. The van der Waals surface area contributed by atoms with Crippen molar-refractivity contribution in [2.24, 2.45) is 0 Å². The molecule has 0 aliphatic carbocycles.